The molecule has 1 heterocycles. The van der Waals surface area contributed by atoms with Gasteiger partial charge in [-0.1, -0.05) is 12.1 Å². The lowest BCUT2D eigenvalue weighted by Crippen LogP contribution is -2.48. The molecular weight excluding hydrogens is 453 g/mol. The summed E-state index contributed by atoms with van der Waals surface area (Å²) >= 11 is 0. The van der Waals surface area contributed by atoms with Gasteiger partial charge in [0.25, 0.3) is 15.9 Å². The van der Waals surface area contributed by atoms with Crippen LogP contribution in [0, 0.1) is 26.6 Å². The molecule has 0 spiro atoms. The fourth-order valence-corrected chi connectivity index (χ4v) is 5.58. The molecule has 0 bridgehead atoms. The molecule has 0 unspecified atom stereocenters. The van der Waals surface area contributed by atoms with Crippen molar-refractivity contribution in [3.63, 3.8) is 0 Å². The maximum atomic E-state index is 13.2. The van der Waals surface area contributed by atoms with Crippen LogP contribution in [0.5, 0.6) is 0 Å². The van der Waals surface area contributed by atoms with E-state index in [0.717, 1.165) is 16.8 Å². The summed E-state index contributed by atoms with van der Waals surface area (Å²) < 4.78 is 42.1. The van der Waals surface area contributed by atoms with Gasteiger partial charge in [0.2, 0.25) is 0 Å². The number of carbonyl (C=O) groups excluding carboxylic acids is 1. The van der Waals surface area contributed by atoms with Crippen molar-refractivity contribution >= 4 is 27.3 Å². The Bertz CT molecular complexity index is 1300. The lowest BCUT2D eigenvalue weighted by molar-refractivity contribution is 0.0746. The van der Waals surface area contributed by atoms with Crippen molar-refractivity contribution in [3.8, 4) is 0 Å². The van der Waals surface area contributed by atoms with Crippen LogP contribution in [0.15, 0.2) is 65.6 Å². The Labute approximate surface area is 200 Å². The first kappa shape index (κ1) is 23.8. The number of aryl methyl sites for hydroxylation is 3. The fraction of sp³-hybridized carbons (Fsp3) is 0.269. The molecule has 1 saturated heterocycles. The Hall–Kier alpha value is -3.39. The van der Waals surface area contributed by atoms with E-state index < -0.39 is 10.0 Å². The Morgan fingerprint density at radius 2 is 1.47 bits per heavy atom. The first-order valence-electron chi connectivity index (χ1n) is 11.1. The third-order valence-electron chi connectivity index (χ3n) is 5.96. The summed E-state index contributed by atoms with van der Waals surface area (Å²) in [5.74, 6) is -0.490. The molecule has 3 aromatic carbocycles. The van der Waals surface area contributed by atoms with Gasteiger partial charge in [-0.3, -0.25) is 9.52 Å². The van der Waals surface area contributed by atoms with Crippen molar-refractivity contribution in [2.24, 2.45) is 0 Å². The molecule has 6 nitrogen and oxygen atoms in total. The van der Waals surface area contributed by atoms with Gasteiger partial charge in [-0.2, -0.15) is 0 Å². The summed E-state index contributed by atoms with van der Waals surface area (Å²) in [4.78, 5) is 17.1. The van der Waals surface area contributed by atoms with Crippen LogP contribution < -0.4 is 9.62 Å². The van der Waals surface area contributed by atoms with Crippen molar-refractivity contribution in [2.75, 3.05) is 35.8 Å². The number of piperazine rings is 1. The molecule has 0 aliphatic carbocycles. The van der Waals surface area contributed by atoms with Crippen molar-refractivity contribution in [2.45, 2.75) is 25.7 Å². The molecule has 0 atom stereocenters. The highest BCUT2D eigenvalue weighted by molar-refractivity contribution is 7.92. The first-order valence-corrected chi connectivity index (χ1v) is 12.6. The quantitative estimate of drug-likeness (QED) is 0.582. The van der Waals surface area contributed by atoms with E-state index in [1.165, 1.54) is 18.2 Å². The maximum Gasteiger partial charge on any atom is 0.262 e. The van der Waals surface area contributed by atoms with Gasteiger partial charge in [-0.15, -0.1) is 0 Å². The van der Waals surface area contributed by atoms with Crippen LogP contribution in [0.25, 0.3) is 0 Å². The standard InChI is InChI=1S/C26H28FN3O3S/c1-18-14-19(2)16-23(15-18)28-34(32,33)25-17-21(5-4-20(25)3)26(31)30-12-10-29(11-13-30)24-8-6-22(27)7-9-24/h4-9,14-17,28H,10-13H2,1-3H3. The smallest absolute Gasteiger partial charge is 0.262 e. The average Bonchev–Trinajstić information content (AvgIpc) is 2.78. The normalized spacial score (nSPS) is 14.2. The molecule has 1 aliphatic rings. The highest BCUT2D eigenvalue weighted by Crippen LogP contribution is 2.24. The number of sulfonamides is 1. The van der Waals surface area contributed by atoms with Gasteiger partial charge in [0, 0.05) is 43.1 Å². The lowest BCUT2D eigenvalue weighted by atomic mass is 10.1. The van der Waals surface area contributed by atoms with Crippen LogP contribution >= 0.6 is 0 Å². The zero-order valence-electron chi connectivity index (χ0n) is 19.5. The molecule has 3 aromatic rings. The number of nitrogens with zero attached hydrogens (tertiary/aromatic N) is 2. The summed E-state index contributed by atoms with van der Waals surface area (Å²) in [6.45, 7) is 7.74. The number of hydrogen-bond donors (Lipinski definition) is 1. The molecule has 1 fully saturated rings. The van der Waals surface area contributed by atoms with Crippen LogP contribution in [0.4, 0.5) is 15.8 Å². The molecular formula is C26H28FN3O3S. The van der Waals surface area contributed by atoms with Crippen molar-refractivity contribution in [1.29, 1.82) is 0 Å². The van der Waals surface area contributed by atoms with Gasteiger partial charge >= 0.3 is 0 Å². The third-order valence-corrected chi connectivity index (χ3v) is 7.48. The average molecular weight is 482 g/mol. The number of halogens is 1. The zero-order valence-corrected chi connectivity index (χ0v) is 20.3. The van der Waals surface area contributed by atoms with Gasteiger partial charge in [0.15, 0.2) is 0 Å². The molecule has 8 heteroatoms. The van der Waals surface area contributed by atoms with Crippen molar-refractivity contribution < 1.29 is 17.6 Å². The Balaban J connectivity index is 1.50. The number of amides is 1. The van der Waals surface area contributed by atoms with Gasteiger partial charge in [0.1, 0.15) is 5.82 Å². The van der Waals surface area contributed by atoms with Gasteiger partial charge in [-0.05, 0) is 86.0 Å². The summed E-state index contributed by atoms with van der Waals surface area (Å²) in [6, 6.07) is 16.6. The molecule has 0 saturated carbocycles. The van der Waals surface area contributed by atoms with Crippen LogP contribution in [0.1, 0.15) is 27.0 Å². The summed E-state index contributed by atoms with van der Waals surface area (Å²) in [5.41, 5.74) is 4.22. The number of rotatable bonds is 5. The summed E-state index contributed by atoms with van der Waals surface area (Å²) in [6.07, 6.45) is 0. The second-order valence-electron chi connectivity index (χ2n) is 8.72. The van der Waals surface area contributed by atoms with Crippen molar-refractivity contribution in [1.82, 2.24) is 4.90 Å². The Morgan fingerprint density at radius 3 is 2.09 bits per heavy atom. The lowest BCUT2D eigenvalue weighted by Gasteiger charge is -2.36. The molecule has 4 rings (SSSR count). The zero-order chi connectivity index (χ0) is 24.5. The second-order valence-corrected chi connectivity index (χ2v) is 10.4. The first-order chi connectivity index (χ1) is 16.1. The number of anilines is 2. The van der Waals surface area contributed by atoms with Gasteiger partial charge in [-0.25, -0.2) is 12.8 Å². The van der Waals surface area contributed by atoms with Crippen LogP contribution in [-0.4, -0.2) is 45.4 Å². The van der Waals surface area contributed by atoms with E-state index in [-0.39, 0.29) is 16.6 Å². The molecule has 34 heavy (non-hydrogen) atoms. The minimum Gasteiger partial charge on any atom is -0.368 e. The van der Waals surface area contributed by atoms with Gasteiger partial charge in [0.05, 0.1) is 4.90 Å². The van der Waals surface area contributed by atoms with Crippen LogP contribution in [-0.2, 0) is 10.0 Å². The number of nitrogens with one attached hydrogen (secondary N) is 1. The van der Waals surface area contributed by atoms with E-state index in [1.54, 1.807) is 48.2 Å². The number of benzene rings is 3. The van der Waals surface area contributed by atoms with Crippen LogP contribution in [0.2, 0.25) is 0 Å². The van der Waals surface area contributed by atoms with E-state index in [9.17, 15) is 17.6 Å². The Morgan fingerprint density at radius 1 is 0.853 bits per heavy atom. The highest BCUT2D eigenvalue weighted by Gasteiger charge is 2.25. The molecule has 1 aliphatic heterocycles. The number of hydrogen-bond acceptors (Lipinski definition) is 4. The topological polar surface area (TPSA) is 69.7 Å². The second kappa shape index (κ2) is 9.46. The summed E-state index contributed by atoms with van der Waals surface area (Å²) in [7, 11) is -3.87. The maximum absolute atomic E-state index is 13.2. The van der Waals surface area contributed by atoms with E-state index in [4.69, 9.17) is 0 Å². The largest absolute Gasteiger partial charge is 0.368 e. The Kier molecular flexibility index (Phi) is 6.61. The molecule has 1 N–H and O–H groups in total. The monoisotopic (exact) mass is 481 g/mol. The summed E-state index contributed by atoms with van der Waals surface area (Å²) in [5, 5.41) is 0. The molecule has 0 aromatic heterocycles. The minimum atomic E-state index is -3.87. The fourth-order valence-electron chi connectivity index (χ4n) is 4.27. The SMILES string of the molecule is Cc1cc(C)cc(NS(=O)(=O)c2cc(C(=O)N3CCN(c4ccc(F)cc4)CC3)ccc2C)c1. The molecule has 0 radical (unpaired) electrons. The third kappa shape index (κ3) is 5.22. The minimum absolute atomic E-state index is 0.0856. The van der Waals surface area contributed by atoms with Crippen LogP contribution in [0.3, 0.4) is 0 Å². The highest BCUT2D eigenvalue weighted by atomic mass is 32.2. The van der Waals surface area contributed by atoms with E-state index >= 15 is 0 Å². The van der Waals surface area contributed by atoms with E-state index in [1.807, 2.05) is 19.9 Å². The van der Waals surface area contributed by atoms with Crippen molar-refractivity contribution in [3.05, 3.63) is 88.7 Å². The molecule has 178 valence electrons. The van der Waals surface area contributed by atoms with E-state index in [2.05, 4.69) is 9.62 Å². The van der Waals surface area contributed by atoms with E-state index in [0.29, 0.717) is 43.0 Å². The predicted molar refractivity (Wildman–Crippen MR) is 132 cm³/mol. The number of carbonyl (C=O) groups is 1. The van der Waals surface area contributed by atoms with Gasteiger partial charge < -0.3 is 9.80 Å². The molecule has 1 amide bonds. The predicted octanol–water partition coefficient (Wildman–Crippen LogP) is 4.51.